The number of hydrogen-bond acceptors (Lipinski definition) is 2. The second-order valence-electron chi connectivity index (χ2n) is 5.67. The summed E-state index contributed by atoms with van der Waals surface area (Å²) in [6, 6.07) is 4.33. The molecule has 1 aliphatic heterocycles. The maximum absolute atomic E-state index is 13.8. The number of nitrogens with zero attached hydrogens (tertiary/aromatic N) is 1. The van der Waals surface area contributed by atoms with Crippen LogP contribution in [0.25, 0.3) is 0 Å². The van der Waals surface area contributed by atoms with Crippen molar-refractivity contribution in [1.82, 2.24) is 10.2 Å². The van der Waals surface area contributed by atoms with Crippen LogP contribution in [0.15, 0.2) is 18.2 Å². The van der Waals surface area contributed by atoms with Crippen LogP contribution in [0, 0.1) is 11.6 Å². The average molecular weight is 268 g/mol. The normalized spacial score (nSPS) is 21.3. The average Bonchev–Trinajstić information content (AvgIpc) is 2.42. The van der Waals surface area contributed by atoms with Crippen LogP contribution in [0.5, 0.6) is 0 Å². The lowest BCUT2D eigenvalue weighted by Gasteiger charge is -2.42. The van der Waals surface area contributed by atoms with Crippen molar-refractivity contribution in [3.63, 3.8) is 0 Å². The van der Waals surface area contributed by atoms with Gasteiger partial charge in [-0.15, -0.1) is 0 Å². The van der Waals surface area contributed by atoms with E-state index in [0.29, 0.717) is 5.56 Å². The number of benzene rings is 1. The van der Waals surface area contributed by atoms with E-state index in [1.807, 2.05) is 14.0 Å². The van der Waals surface area contributed by atoms with Gasteiger partial charge in [-0.1, -0.05) is 12.1 Å². The predicted octanol–water partition coefficient (Wildman–Crippen LogP) is 3.10. The van der Waals surface area contributed by atoms with Crippen LogP contribution in [0.3, 0.4) is 0 Å². The number of nitrogens with one attached hydrogen (secondary N) is 1. The molecule has 1 saturated heterocycles. The fraction of sp³-hybridized carbons (Fsp3) is 0.600. The molecule has 0 bridgehead atoms. The molecule has 0 radical (unpaired) electrons. The highest BCUT2D eigenvalue weighted by Gasteiger charge is 2.31. The molecule has 0 saturated carbocycles. The lowest BCUT2D eigenvalue weighted by Crippen LogP contribution is -2.50. The Balaban J connectivity index is 2.09. The van der Waals surface area contributed by atoms with Gasteiger partial charge in [0.25, 0.3) is 0 Å². The zero-order chi connectivity index (χ0) is 14.0. The Labute approximate surface area is 113 Å². The molecule has 1 aliphatic rings. The van der Waals surface area contributed by atoms with Crippen molar-refractivity contribution < 1.29 is 8.78 Å². The van der Waals surface area contributed by atoms with E-state index in [0.717, 1.165) is 25.9 Å². The molecule has 2 nitrogen and oxygen atoms in total. The first-order chi connectivity index (χ1) is 8.97. The van der Waals surface area contributed by atoms with Crippen LogP contribution < -0.4 is 5.32 Å². The summed E-state index contributed by atoms with van der Waals surface area (Å²) < 4.78 is 27.1. The van der Waals surface area contributed by atoms with Crippen molar-refractivity contribution in [3.8, 4) is 0 Å². The molecular formula is C15H22F2N2. The van der Waals surface area contributed by atoms with Crippen molar-refractivity contribution in [2.24, 2.45) is 0 Å². The zero-order valence-electron chi connectivity index (χ0n) is 11.8. The van der Waals surface area contributed by atoms with Gasteiger partial charge in [0.1, 0.15) is 0 Å². The first-order valence-electron chi connectivity index (χ1n) is 6.84. The second-order valence-corrected chi connectivity index (χ2v) is 5.67. The minimum Gasteiger partial charge on any atom is -0.314 e. The highest BCUT2D eigenvalue weighted by atomic mass is 19.2. The Kier molecular flexibility index (Phi) is 4.21. The number of halogens is 2. The van der Waals surface area contributed by atoms with Crippen molar-refractivity contribution in [3.05, 3.63) is 35.4 Å². The highest BCUT2D eigenvalue weighted by molar-refractivity contribution is 5.22. The van der Waals surface area contributed by atoms with Crippen LogP contribution >= 0.6 is 0 Å². The summed E-state index contributed by atoms with van der Waals surface area (Å²) in [5.74, 6) is -1.47. The number of hydrogen-bond donors (Lipinski definition) is 1. The molecule has 1 unspecified atom stereocenters. The zero-order valence-corrected chi connectivity index (χ0v) is 11.8. The molecule has 0 spiro atoms. The summed E-state index contributed by atoms with van der Waals surface area (Å²) in [7, 11) is 1.98. The van der Waals surface area contributed by atoms with Gasteiger partial charge in [0, 0.05) is 30.2 Å². The minimum absolute atomic E-state index is 0.0860. The van der Waals surface area contributed by atoms with Crippen LogP contribution in [0.1, 0.15) is 38.3 Å². The molecule has 4 heteroatoms. The van der Waals surface area contributed by atoms with Crippen LogP contribution in [-0.2, 0) is 0 Å². The number of piperidine rings is 1. The van der Waals surface area contributed by atoms with E-state index in [9.17, 15) is 8.78 Å². The molecule has 0 aromatic heterocycles. The molecule has 1 N–H and O–H groups in total. The van der Waals surface area contributed by atoms with E-state index in [1.54, 1.807) is 12.1 Å². The summed E-state index contributed by atoms with van der Waals surface area (Å²) in [5.41, 5.74) is 0.615. The minimum atomic E-state index is -0.763. The molecule has 1 fully saturated rings. The molecular weight excluding hydrogens is 246 g/mol. The molecule has 1 aromatic rings. The van der Waals surface area contributed by atoms with Gasteiger partial charge >= 0.3 is 0 Å². The first-order valence-corrected chi connectivity index (χ1v) is 6.84. The van der Waals surface area contributed by atoms with Crippen molar-refractivity contribution in [1.29, 1.82) is 0 Å². The Morgan fingerprint density at radius 1 is 1.26 bits per heavy atom. The molecule has 0 aliphatic carbocycles. The van der Waals surface area contributed by atoms with E-state index < -0.39 is 11.6 Å². The van der Waals surface area contributed by atoms with Crippen molar-refractivity contribution in [2.45, 2.75) is 38.3 Å². The maximum Gasteiger partial charge on any atom is 0.163 e. The summed E-state index contributed by atoms with van der Waals surface area (Å²) in [6.07, 6.45) is 2.04. The highest BCUT2D eigenvalue weighted by Crippen LogP contribution is 2.30. The summed E-state index contributed by atoms with van der Waals surface area (Å²) in [6.45, 7) is 5.95. The van der Waals surface area contributed by atoms with Gasteiger partial charge in [-0.3, -0.25) is 4.90 Å². The first kappa shape index (κ1) is 14.4. The molecule has 19 heavy (non-hydrogen) atoms. The van der Waals surface area contributed by atoms with E-state index in [2.05, 4.69) is 17.1 Å². The third kappa shape index (κ3) is 2.95. The van der Waals surface area contributed by atoms with Gasteiger partial charge < -0.3 is 5.32 Å². The maximum atomic E-state index is 13.8. The summed E-state index contributed by atoms with van der Waals surface area (Å²) >= 11 is 0. The van der Waals surface area contributed by atoms with Gasteiger partial charge in [0.05, 0.1) is 0 Å². The lowest BCUT2D eigenvalue weighted by atomic mass is 9.88. The van der Waals surface area contributed by atoms with Crippen LogP contribution in [-0.4, -0.2) is 30.6 Å². The summed E-state index contributed by atoms with van der Waals surface area (Å²) in [5, 5.41) is 3.34. The van der Waals surface area contributed by atoms with Gasteiger partial charge in [-0.2, -0.15) is 0 Å². The van der Waals surface area contributed by atoms with Gasteiger partial charge in [-0.05, 0) is 39.8 Å². The SMILES string of the molecule is CNC1(C)CCN(C(C)c2cccc(F)c2F)CC1. The number of rotatable bonds is 3. The van der Waals surface area contributed by atoms with E-state index >= 15 is 0 Å². The molecule has 106 valence electrons. The molecule has 1 heterocycles. The quantitative estimate of drug-likeness (QED) is 0.906. The largest absolute Gasteiger partial charge is 0.314 e. The third-order valence-electron chi connectivity index (χ3n) is 4.48. The van der Waals surface area contributed by atoms with Crippen molar-refractivity contribution >= 4 is 0 Å². The molecule has 1 atom stereocenters. The predicted molar refractivity (Wildman–Crippen MR) is 73.0 cm³/mol. The standard InChI is InChI=1S/C15H22F2N2/c1-11(12-5-4-6-13(16)14(12)17)19-9-7-15(2,18-3)8-10-19/h4-6,11,18H,7-10H2,1-3H3. The number of likely N-dealkylation sites (tertiary alicyclic amines) is 1. The molecule has 2 rings (SSSR count). The lowest BCUT2D eigenvalue weighted by molar-refractivity contribution is 0.115. The second kappa shape index (κ2) is 5.55. The Hall–Kier alpha value is -1.00. The monoisotopic (exact) mass is 268 g/mol. The van der Waals surface area contributed by atoms with Gasteiger partial charge in [0.15, 0.2) is 11.6 Å². The topological polar surface area (TPSA) is 15.3 Å². The third-order valence-corrected chi connectivity index (χ3v) is 4.48. The smallest absolute Gasteiger partial charge is 0.163 e. The van der Waals surface area contributed by atoms with E-state index in [1.165, 1.54) is 6.07 Å². The Morgan fingerprint density at radius 3 is 2.47 bits per heavy atom. The van der Waals surface area contributed by atoms with Crippen LogP contribution in [0.4, 0.5) is 8.78 Å². The Morgan fingerprint density at radius 2 is 1.89 bits per heavy atom. The van der Waals surface area contributed by atoms with Gasteiger partial charge in [0.2, 0.25) is 0 Å². The van der Waals surface area contributed by atoms with Crippen LogP contribution in [0.2, 0.25) is 0 Å². The fourth-order valence-corrected chi connectivity index (χ4v) is 2.69. The fourth-order valence-electron chi connectivity index (χ4n) is 2.69. The summed E-state index contributed by atoms with van der Waals surface area (Å²) in [4.78, 5) is 2.22. The molecule has 1 aromatic carbocycles. The van der Waals surface area contributed by atoms with E-state index in [4.69, 9.17) is 0 Å². The molecule has 0 amide bonds. The van der Waals surface area contributed by atoms with Gasteiger partial charge in [-0.25, -0.2) is 8.78 Å². The van der Waals surface area contributed by atoms with E-state index in [-0.39, 0.29) is 11.6 Å². The van der Waals surface area contributed by atoms with Crippen molar-refractivity contribution in [2.75, 3.05) is 20.1 Å². The Bertz CT molecular complexity index is 440.